The van der Waals surface area contributed by atoms with E-state index in [1.807, 2.05) is 37.3 Å². The smallest absolute Gasteiger partial charge is 0.255 e. The fraction of sp³-hybridized carbons (Fsp3) is 0.160. The van der Waals surface area contributed by atoms with Gasteiger partial charge in [-0.3, -0.25) is 14.4 Å². The zero-order valence-electron chi connectivity index (χ0n) is 17.4. The molecule has 0 aliphatic rings. The average Bonchev–Trinajstić information content (AvgIpc) is 2.79. The number of para-hydroxylation sites is 1. The Bertz CT molecular complexity index is 1050. The van der Waals surface area contributed by atoms with Crippen molar-refractivity contribution >= 4 is 29.1 Å². The lowest BCUT2D eigenvalue weighted by Crippen LogP contribution is -2.24. The number of amides is 3. The molecule has 0 radical (unpaired) electrons. The summed E-state index contributed by atoms with van der Waals surface area (Å²) in [5, 5.41) is 8.46. The highest BCUT2D eigenvalue weighted by atomic mass is 16.2. The van der Waals surface area contributed by atoms with E-state index < -0.39 is 0 Å². The number of anilines is 2. The summed E-state index contributed by atoms with van der Waals surface area (Å²) in [5.74, 6) is -0.668. The third kappa shape index (κ3) is 6.27. The van der Waals surface area contributed by atoms with Crippen molar-refractivity contribution < 1.29 is 14.4 Å². The standard InChI is InChI=1S/C25H25N3O3/c1-2-8-23(29)27-20-15-13-19(14-16-20)24(30)28-22-12-7-6-11-21(22)25(31)26-17-18-9-4-3-5-10-18/h3-7,9-16H,2,8,17H2,1H3,(H,26,31)(H,27,29)(H,28,30). The topological polar surface area (TPSA) is 87.3 Å². The molecule has 0 aromatic heterocycles. The van der Waals surface area contributed by atoms with Gasteiger partial charge in [0.15, 0.2) is 0 Å². The average molecular weight is 415 g/mol. The van der Waals surface area contributed by atoms with Crippen molar-refractivity contribution in [2.45, 2.75) is 26.3 Å². The minimum atomic E-state index is -0.338. The monoisotopic (exact) mass is 415 g/mol. The van der Waals surface area contributed by atoms with Gasteiger partial charge < -0.3 is 16.0 Å². The van der Waals surface area contributed by atoms with Gasteiger partial charge in [0, 0.05) is 24.2 Å². The number of carbonyl (C=O) groups is 3. The second-order valence-electron chi connectivity index (χ2n) is 7.04. The van der Waals surface area contributed by atoms with Gasteiger partial charge >= 0.3 is 0 Å². The van der Waals surface area contributed by atoms with Crippen LogP contribution in [0.25, 0.3) is 0 Å². The Labute approximate surface area is 181 Å². The number of hydrogen-bond donors (Lipinski definition) is 3. The summed E-state index contributed by atoms with van der Waals surface area (Å²) < 4.78 is 0. The second kappa shape index (κ2) is 10.7. The Hall–Kier alpha value is -3.93. The molecule has 3 aromatic carbocycles. The van der Waals surface area contributed by atoms with Crippen molar-refractivity contribution in [3.05, 3.63) is 95.6 Å². The molecule has 3 aromatic rings. The van der Waals surface area contributed by atoms with Crippen LogP contribution in [-0.2, 0) is 11.3 Å². The minimum Gasteiger partial charge on any atom is -0.348 e. The molecule has 6 nitrogen and oxygen atoms in total. The van der Waals surface area contributed by atoms with Crippen LogP contribution in [0.3, 0.4) is 0 Å². The molecule has 3 rings (SSSR count). The Morgan fingerprint density at radius 3 is 2.13 bits per heavy atom. The molecule has 0 bridgehead atoms. The number of nitrogens with one attached hydrogen (secondary N) is 3. The van der Waals surface area contributed by atoms with Gasteiger partial charge in [-0.25, -0.2) is 0 Å². The van der Waals surface area contributed by atoms with E-state index in [0.29, 0.717) is 35.5 Å². The maximum absolute atomic E-state index is 12.7. The van der Waals surface area contributed by atoms with Crippen LogP contribution < -0.4 is 16.0 Å². The predicted octanol–water partition coefficient (Wildman–Crippen LogP) is 4.61. The molecule has 31 heavy (non-hydrogen) atoms. The van der Waals surface area contributed by atoms with Gasteiger partial charge in [0.05, 0.1) is 11.3 Å². The Balaban J connectivity index is 1.65. The molecule has 3 amide bonds. The fourth-order valence-electron chi connectivity index (χ4n) is 3.01. The van der Waals surface area contributed by atoms with Gasteiger partial charge in [-0.1, -0.05) is 49.4 Å². The van der Waals surface area contributed by atoms with E-state index in [0.717, 1.165) is 12.0 Å². The van der Waals surface area contributed by atoms with Gasteiger partial charge in [0.1, 0.15) is 0 Å². The molecular formula is C25H25N3O3. The number of carbonyl (C=O) groups excluding carboxylic acids is 3. The minimum absolute atomic E-state index is 0.0601. The van der Waals surface area contributed by atoms with Crippen LogP contribution in [0.5, 0.6) is 0 Å². The van der Waals surface area contributed by atoms with E-state index in [9.17, 15) is 14.4 Å². The maximum Gasteiger partial charge on any atom is 0.255 e. The summed E-state index contributed by atoms with van der Waals surface area (Å²) in [5.41, 5.74) is 2.86. The van der Waals surface area contributed by atoms with Crippen LogP contribution in [0.4, 0.5) is 11.4 Å². The molecule has 0 aliphatic heterocycles. The highest BCUT2D eigenvalue weighted by Crippen LogP contribution is 2.18. The van der Waals surface area contributed by atoms with Gasteiger partial charge in [-0.15, -0.1) is 0 Å². The Morgan fingerprint density at radius 2 is 1.42 bits per heavy atom. The van der Waals surface area contributed by atoms with Gasteiger partial charge in [-0.2, -0.15) is 0 Å². The van der Waals surface area contributed by atoms with Crippen LogP contribution in [-0.4, -0.2) is 17.7 Å². The lowest BCUT2D eigenvalue weighted by atomic mass is 10.1. The van der Waals surface area contributed by atoms with Crippen molar-refractivity contribution in [2.24, 2.45) is 0 Å². The van der Waals surface area contributed by atoms with Crippen LogP contribution in [0.15, 0.2) is 78.9 Å². The molecule has 0 heterocycles. The summed E-state index contributed by atoms with van der Waals surface area (Å²) >= 11 is 0. The van der Waals surface area contributed by atoms with Crippen LogP contribution in [0.2, 0.25) is 0 Å². The second-order valence-corrected chi connectivity index (χ2v) is 7.04. The lowest BCUT2D eigenvalue weighted by Gasteiger charge is -2.12. The zero-order chi connectivity index (χ0) is 22.1. The van der Waals surface area contributed by atoms with Crippen LogP contribution in [0.1, 0.15) is 46.0 Å². The first kappa shape index (κ1) is 21.8. The molecule has 0 saturated carbocycles. The molecule has 0 atom stereocenters. The molecule has 3 N–H and O–H groups in total. The molecule has 0 aliphatic carbocycles. The summed E-state index contributed by atoms with van der Waals surface area (Å²) in [7, 11) is 0. The van der Waals surface area contributed by atoms with Crippen molar-refractivity contribution in [3.63, 3.8) is 0 Å². The van der Waals surface area contributed by atoms with E-state index in [-0.39, 0.29) is 17.7 Å². The lowest BCUT2D eigenvalue weighted by molar-refractivity contribution is -0.116. The van der Waals surface area contributed by atoms with Crippen molar-refractivity contribution in [2.75, 3.05) is 10.6 Å². The first-order valence-electron chi connectivity index (χ1n) is 10.2. The number of rotatable bonds is 8. The van der Waals surface area contributed by atoms with Crippen molar-refractivity contribution in [1.29, 1.82) is 0 Å². The van der Waals surface area contributed by atoms with E-state index in [4.69, 9.17) is 0 Å². The quantitative estimate of drug-likeness (QED) is 0.502. The summed E-state index contributed by atoms with van der Waals surface area (Å²) in [6.45, 7) is 2.33. The molecule has 0 unspecified atom stereocenters. The van der Waals surface area contributed by atoms with Gasteiger partial charge in [-0.05, 0) is 48.4 Å². The van der Waals surface area contributed by atoms with E-state index in [2.05, 4.69) is 16.0 Å². The predicted molar refractivity (Wildman–Crippen MR) is 122 cm³/mol. The molecule has 0 saturated heterocycles. The number of hydrogen-bond acceptors (Lipinski definition) is 3. The molecular weight excluding hydrogens is 390 g/mol. The third-order valence-corrected chi connectivity index (χ3v) is 4.62. The first-order valence-corrected chi connectivity index (χ1v) is 10.2. The number of benzene rings is 3. The van der Waals surface area contributed by atoms with Crippen molar-refractivity contribution in [3.8, 4) is 0 Å². The van der Waals surface area contributed by atoms with E-state index in [1.54, 1.807) is 48.5 Å². The SMILES string of the molecule is CCCC(=O)Nc1ccc(C(=O)Nc2ccccc2C(=O)NCc2ccccc2)cc1. The largest absolute Gasteiger partial charge is 0.348 e. The highest BCUT2D eigenvalue weighted by Gasteiger charge is 2.14. The molecule has 0 fully saturated rings. The van der Waals surface area contributed by atoms with E-state index in [1.165, 1.54) is 0 Å². The molecule has 158 valence electrons. The first-order chi connectivity index (χ1) is 15.1. The Kier molecular flexibility index (Phi) is 7.54. The van der Waals surface area contributed by atoms with Gasteiger partial charge in [0.2, 0.25) is 5.91 Å². The Morgan fingerprint density at radius 1 is 0.742 bits per heavy atom. The summed E-state index contributed by atoms with van der Waals surface area (Å²) in [6.07, 6.45) is 1.22. The maximum atomic E-state index is 12.7. The zero-order valence-corrected chi connectivity index (χ0v) is 17.4. The van der Waals surface area contributed by atoms with Crippen molar-refractivity contribution in [1.82, 2.24) is 5.32 Å². The third-order valence-electron chi connectivity index (χ3n) is 4.62. The summed E-state index contributed by atoms with van der Waals surface area (Å²) in [4.78, 5) is 37.0. The van der Waals surface area contributed by atoms with E-state index >= 15 is 0 Å². The summed E-state index contributed by atoms with van der Waals surface area (Å²) in [6, 6.07) is 23.1. The van der Waals surface area contributed by atoms with Gasteiger partial charge in [0.25, 0.3) is 11.8 Å². The molecule has 0 spiro atoms. The molecule has 6 heteroatoms. The normalized spacial score (nSPS) is 10.2. The van der Waals surface area contributed by atoms with Crippen LogP contribution >= 0.6 is 0 Å². The fourth-order valence-corrected chi connectivity index (χ4v) is 3.01. The highest BCUT2D eigenvalue weighted by molar-refractivity contribution is 6.09. The van der Waals surface area contributed by atoms with Crippen LogP contribution in [0, 0.1) is 0 Å².